The van der Waals surface area contributed by atoms with Crippen molar-refractivity contribution in [2.45, 2.75) is 6.54 Å². The molecule has 5 nitrogen and oxygen atoms in total. The van der Waals surface area contributed by atoms with E-state index in [4.69, 9.17) is 17.3 Å². The molecule has 0 unspecified atom stereocenters. The van der Waals surface area contributed by atoms with Crippen LogP contribution in [0.15, 0.2) is 53.3 Å². The molecule has 23 heavy (non-hydrogen) atoms. The molecule has 0 saturated carbocycles. The molecule has 1 heterocycles. The SMILES string of the molecule is NC(=O)c1ccccc1NCc1cc2cc(Cl)ccc2[nH]c1=O. The first-order valence-electron chi connectivity index (χ1n) is 6.99. The predicted octanol–water partition coefficient (Wildman–Crippen LogP) is 2.89. The summed E-state index contributed by atoms with van der Waals surface area (Å²) in [5.74, 6) is -0.521. The van der Waals surface area contributed by atoms with Gasteiger partial charge >= 0.3 is 0 Å². The van der Waals surface area contributed by atoms with Crippen LogP contribution in [-0.2, 0) is 6.54 Å². The third kappa shape index (κ3) is 3.19. The van der Waals surface area contributed by atoms with Crippen molar-refractivity contribution >= 4 is 34.1 Å². The van der Waals surface area contributed by atoms with Gasteiger partial charge in [0.15, 0.2) is 0 Å². The second-order valence-corrected chi connectivity index (χ2v) is 5.56. The molecule has 6 heteroatoms. The van der Waals surface area contributed by atoms with Crippen LogP contribution in [0.3, 0.4) is 0 Å². The number of pyridine rings is 1. The van der Waals surface area contributed by atoms with Gasteiger partial charge < -0.3 is 16.0 Å². The van der Waals surface area contributed by atoms with Gasteiger partial charge in [-0.2, -0.15) is 0 Å². The molecule has 1 amide bonds. The summed E-state index contributed by atoms with van der Waals surface area (Å²) >= 11 is 5.98. The van der Waals surface area contributed by atoms with E-state index in [2.05, 4.69) is 10.3 Å². The van der Waals surface area contributed by atoms with E-state index in [0.717, 1.165) is 10.9 Å². The van der Waals surface area contributed by atoms with Gasteiger partial charge in [0.1, 0.15) is 0 Å². The number of hydrogen-bond acceptors (Lipinski definition) is 3. The van der Waals surface area contributed by atoms with Crippen molar-refractivity contribution in [1.29, 1.82) is 0 Å². The molecule has 116 valence electrons. The van der Waals surface area contributed by atoms with Crippen molar-refractivity contribution < 1.29 is 4.79 Å². The fraction of sp³-hybridized carbons (Fsp3) is 0.0588. The number of fused-ring (bicyclic) bond motifs is 1. The number of H-pyrrole nitrogens is 1. The Kier molecular flexibility index (Phi) is 4.04. The number of benzene rings is 2. The van der Waals surface area contributed by atoms with Crippen LogP contribution in [0.1, 0.15) is 15.9 Å². The molecule has 3 aromatic rings. The smallest absolute Gasteiger partial charge is 0.253 e. The standard InChI is InChI=1S/C17H14ClN3O2/c18-12-5-6-14-10(8-12)7-11(17(23)21-14)9-20-15-4-2-1-3-13(15)16(19)22/h1-8,20H,9H2,(H2,19,22)(H,21,23). The summed E-state index contributed by atoms with van der Waals surface area (Å²) in [5.41, 5.74) is 7.39. The van der Waals surface area contributed by atoms with Crippen LogP contribution in [0.4, 0.5) is 5.69 Å². The molecule has 0 bridgehead atoms. The van der Waals surface area contributed by atoms with Gasteiger partial charge in [-0.3, -0.25) is 9.59 Å². The second-order valence-electron chi connectivity index (χ2n) is 5.12. The largest absolute Gasteiger partial charge is 0.380 e. The van der Waals surface area contributed by atoms with Gasteiger partial charge in [0.25, 0.3) is 11.5 Å². The van der Waals surface area contributed by atoms with Crippen molar-refractivity contribution in [3.63, 3.8) is 0 Å². The molecular formula is C17H14ClN3O2. The third-order valence-electron chi connectivity index (χ3n) is 3.55. The minimum absolute atomic E-state index is 0.191. The third-order valence-corrected chi connectivity index (χ3v) is 3.78. The Morgan fingerprint density at radius 2 is 1.96 bits per heavy atom. The number of halogens is 1. The molecule has 0 aliphatic rings. The number of carbonyl (C=O) groups excluding carboxylic acids is 1. The zero-order valence-corrected chi connectivity index (χ0v) is 12.9. The van der Waals surface area contributed by atoms with Crippen LogP contribution in [0.5, 0.6) is 0 Å². The van der Waals surface area contributed by atoms with E-state index in [1.165, 1.54) is 0 Å². The first kappa shape index (κ1) is 15.1. The molecule has 1 aromatic heterocycles. The normalized spacial score (nSPS) is 10.7. The molecule has 0 radical (unpaired) electrons. The number of aromatic amines is 1. The summed E-state index contributed by atoms with van der Waals surface area (Å²) in [4.78, 5) is 26.4. The Morgan fingerprint density at radius 1 is 1.17 bits per heavy atom. The number of nitrogens with one attached hydrogen (secondary N) is 2. The molecule has 0 spiro atoms. The Hall–Kier alpha value is -2.79. The second kappa shape index (κ2) is 6.14. The minimum atomic E-state index is -0.521. The van der Waals surface area contributed by atoms with Gasteiger partial charge in [-0.1, -0.05) is 23.7 Å². The van der Waals surface area contributed by atoms with Crippen molar-refractivity contribution in [3.8, 4) is 0 Å². The molecule has 4 N–H and O–H groups in total. The van der Waals surface area contributed by atoms with Crippen molar-refractivity contribution in [3.05, 3.63) is 75.0 Å². The van der Waals surface area contributed by atoms with Gasteiger partial charge in [0, 0.05) is 33.7 Å². The number of nitrogens with two attached hydrogens (primary N) is 1. The number of primary amides is 1. The summed E-state index contributed by atoms with van der Waals surface area (Å²) in [5, 5.41) is 4.52. The summed E-state index contributed by atoms with van der Waals surface area (Å²) < 4.78 is 0. The lowest BCUT2D eigenvalue weighted by molar-refractivity contribution is 0.100. The zero-order valence-electron chi connectivity index (χ0n) is 12.1. The Labute approximate surface area is 137 Å². The fourth-order valence-corrected chi connectivity index (χ4v) is 2.58. The number of para-hydroxylation sites is 1. The summed E-state index contributed by atoms with van der Waals surface area (Å²) in [6, 6.07) is 13.9. The van der Waals surface area contributed by atoms with Crippen LogP contribution in [-0.4, -0.2) is 10.9 Å². The maximum absolute atomic E-state index is 12.1. The van der Waals surface area contributed by atoms with E-state index in [-0.39, 0.29) is 12.1 Å². The van der Waals surface area contributed by atoms with Crippen molar-refractivity contribution in [2.24, 2.45) is 5.73 Å². The molecule has 0 aliphatic carbocycles. The van der Waals surface area contributed by atoms with Crippen LogP contribution < -0.4 is 16.6 Å². The lowest BCUT2D eigenvalue weighted by atomic mass is 10.1. The topological polar surface area (TPSA) is 88.0 Å². The number of amides is 1. The Morgan fingerprint density at radius 3 is 2.74 bits per heavy atom. The van der Waals surface area contributed by atoms with Crippen molar-refractivity contribution in [1.82, 2.24) is 4.98 Å². The van der Waals surface area contributed by atoms with Crippen LogP contribution in [0.2, 0.25) is 5.02 Å². The maximum Gasteiger partial charge on any atom is 0.253 e. The average molecular weight is 328 g/mol. The number of aromatic nitrogens is 1. The zero-order chi connectivity index (χ0) is 16.4. The van der Waals surface area contributed by atoms with Crippen molar-refractivity contribution in [2.75, 3.05) is 5.32 Å². The molecule has 0 atom stereocenters. The van der Waals surface area contributed by atoms with Crippen LogP contribution >= 0.6 is 11.6 Å². The minimum Gasteiger partial charge on any atom is -0.380 e. The first-order valence-corrected chi connectivity index (χ1v) is 7.36. The number of carbonyl (C=O) groups is 1. The van der Waals surface area contributed by atoms with Gasteiger partial charge in [0.2, 0.25) is 0 Å². The maximum atomic E-state index is 12.1. The quantitative estimate of drug-likeness (QED) is 0.688. The van der Waals surface area contributed by atoms with E-state index in [9.17, 15) is 9.59 Å². The number of anilines is 1. The van der Waals surface area contributed by atoms with E-state index in [0.29, 0.717) is 21.8 Å². The van der Waals surface area contributed by atoms with Gasteiger partial charge in [-0.25, -0.2) is 0 Å². The van der Waals surface area contributed by atoms with E-state index < -0.39 is 5.91 Å². The predicted molar refractivity (Wildman–Crippen MR) is 91.9 cm³/mol. The Bertz CT molecular complexity index is 950. The van der Waals surface area contributed by atoms with E-state index >= 15 is 0 Å². The van der Waals surface area contributed by atoms with Gasteiger partial charge in [0.05, 0.1) is 5.56 Å². The summed E-state index contributed by atoms with van der Waals surface area (Å²) in [7, 11) is 0. The molecule has 0 fully saturated rings. The highest BCUT2D eigenvalue weighted by atomic mass is 35.5. The summed E-state index contributed by atoms with van der Waals surface area (Å²) in [6.45, 7) is 0.266. The highest BCUT2D eigenvalue weighted by Gasteiger charge is 2.08. The van der Waals surface area contributed by atoms with Crippen LogP contribution in [0.25, 0.3) is 10.9 Å². The average Bonchev–Trinajstić information content (AvgIpc) is 2.53. The number of rotatable bonds is 4. The first-order chi connectivity index (χ1) is 11.0. The monoisotopic (exact) mass is 327 g/mol. The van der Waals surface area contributed by atoms with E-state index in [1.54, 1.807) is 48.5 Å². The molecule has 0 aliphatic heterocycles. The Balaban J connectivity index is 1.92. The summed E-state index contributed by atoms with van der Waals surface area (Å²) in [6.07, 6.45) is 0. The molecule has 0 saturated heterocycles. The van der Waals surface area contributed by atoms with Gasteiger partial charge in [-0.15, -0.1) is 0 Å². The van der Waals surface area contributed by atoms with Crippen LogP contribution in [0, 0.1) is 0 Å². The highest BCUT2D eigenvalue weighted by Crippen LogP contribution is 2.18. The molecule has 3 rings (SSSR count). The number of hydrogen-bond donors (Lipinski definition) is 3. The lowest BCUT2D eigenvalue weighted by Crippen LogP contribution is -2.18. The van der Waals surface area contributed by atoms with Gasteiger partial charge in [-0.05, 0) is 36.4 Å². The van der Waals surface area contributed by atoms with E-state index in [1.807, 2.05) is 0 Å². The highest BCUT2D eigenvalue weighted by molar-refractivity contribution is 6.31. The fourth-order valence-electron chi connectivity index (χ4n) is 2.40. The lowest BCUT2D eigenvalue weighted by Gasteiger charge is -2.10. The molecular weight excluding hydrogens is 314 g/mol. The molecule has 2 aromatic carbocycles.